The molecule has 0 unspecified atom stereocenters. The van der Waals surface area contributed by atoms with E-state index in [0.29, 0.717) is 19.8 Å². The standard InChI is InChI=1S/C24H27N3O4/c1-30-24(29)22(26-23(28)13-12-19-8-4-2-5-9-19)14-21-15-25-17-27(21)18-31-16-20-10-6-3-7-11-20/h2-11,15,17,22H,12-14,16,18H2,1H3,(H,26,28)/t22-/m0/s1. The van der Waals surface area contributed by atoms with Crippen LogP contribution < -0.4 is 5.32 Å². The topological polar surface area (TPSA) is 82.4 Å². The van der Waals surface area contributed by atoms with Crippen molar-refractivity contribution in [3.63, 3.8) is 0 Å². The number of hydrogen-bond acceptors (Lipinski definition) is 5. The van der Waals surface area contributed by atoms with Crippen LogP contribution in [-0.4, -0.2) is 34.6 Å². The molecule has 0 saturated carbocycles. The molecular weight excluding hydrogens is 394 g/mol. The fourth-order valence-corrected chi connectivity index (χ4v) is 3.18. The zero-order chi connectivity index (χ0) is 21.9. The van der Waals surface area contributed by atoms with E-state index in [9.17, 15) is 9.59 Å². The van der Waals surface area contributed by atoms with Gasteiger partial charge in [0.05, 0.1) is 20.0 Å². The number of amides is 1. The van der Waals surface area contributed by atoms with Crippen molar-refractivity contribution in [2.75, 3.05) is 7.11 Å². The summed E-state index contributed by atoms with van der Waals surface area (Å²) in [4.78, 5) is 28.8. The maximum Gasteiger partial charge on any atom is 0.328 e. The predicted molar refractivity (Wildman–Crippen MR) is 116 cm³/mol. The first kappa shape index (κ1) is 22.2. The van der Waals surface area contributed by atoms with Gasteiger partial charge in [-0.15, -0.1) is 0 Å². The molecular formula is C24H27N3O4. The van der Waals surface area contributed by atoms with Gasteiger partial charge in [0.2, 0.25) is 5.91 Å². The lowest BCUT2D eigenvalue weighted by atomic mass is 10.1. The number of carbonyl (C=O) groups is 2. The number of nitrogens with one attached hydrogen (secondary N) is 1. The summed E-state index contributed by atoms with van der Waals surface area (Å²) in [5.74, 6) is -0.698. The van der Waals surface area contributed by atoms with E-state index in [1.165, 1.54) is 7.11 Å². The van der Waals surface area contributed by atoms with Gasteiger partial charge in [-0.3, -0.25) is 4.79 Å². The van der Waals surface area contributed by atoms with E-state index in [-0.39, 0.29) is 18.7 Å². The maximum atomic E-state index is 12.4. The van der Waals surface area contributed by atoms with E-state index >= 15 is 0 Å². The first-order valence-corrected chi connectivity index (χ1v) is 10.2. The second kappa shape index (κ2) is 11.7. The van der Waals surface area contributed by atoms with E-state index in [0.717, 1.165) is 16.8 Å². The number of aromatic nitrogens is 2. The number of carbonyl (C=O) groups excluding carboxylic acids is 2. The largest absolute Gasteiger partial charge is 0.467 e. The van der Waals surface area contributed by atoms with Crippen LogP contribution in [0.25, 0.3) is 0 Å². The highest BCUT2D eigenvalue weighted by molar-refractivity contribution is 5.84. The van der Waals surface area contributed by atoms with Crippen LogP contribution in [0, 0.1) is 0 Å². The predicted octanol–water partition coefficient (Wildman–Crippen LogP) is 2.89. The molecule has 3 rings (SSSR count). The summed E-state index contributed by atoms with van der Waals surface area (Å²) in [6.07, 6.45) is 4.46. The normalized spacial score (nSPS) is 11.6. The molecule has 0 aliphatic carbocycles. The summed E-state index contributed by atoms with van der Waals surface area (Å²) in [7, 11) is 1.31. The van der Waals surface area contributed by atoms with Crippen LogP contribution >= 0.6 is 0 Å². The Morgan fingerprint density at radius 3 is 2.39 bits per heavy atom. The third kappa shape index (κ3) is 7.08. The molecule has 0 spiro atoms. The summed E-state index contributed by atoms with van der Waals surface area (Å²) >= 11 is 0. The Balaban J connectivity index is 1.55. The molecule has 2 aromatic carbocycles. The molecule has 162 valence electrons. The van der Waals surface area contributed by atoms with Crippen molar-refractivity contribution in [3.8, 4) is 0 Å². The third-order valence-corrected chi connectivity index (χ3v) is 4.86. The second-order valence-electron chi connectivity index (χ2n) is 7.15. The van der Waals surface area contributed by atoms with Crippen LogP contribution in [-0.2, 0) is 45.2 Å². The Bertz CT molecular complexity index is 957. The molecule has 0 fully saturated rings. The lowest BCUT2D eigenvalue weighted by molar-refractivity contribution is -0.145. The molecule has 0 bridgehead atoms. The Morgan fingerprint density at radius 2 is 1.71 bits per heavy atom. The molecule has 1 heterocycles. The fourth-order valence-electron chi connectivity index (χ4n) is 3.18. The van der Waals surface area contributed by atoms with Crippen molar-refractivity contribution >= 4 is 11.9 Å². The number of ether oxygens (including phenoxy) is 2. The molecule has 7 nitrogen and oxygen atoms in total. The number of esters is 1. The minimum absolute atomic E-state index is 0.203. The number of rotatable bonds is 11. The maximum absolute atomic E-state index is 12.4. The smallest absolute Gasteiger partial charge is 0.328 e. The van der Waals surface area contributed by atoms with Gasteiger partial charge in [-0.05, 0) is 17.5 Å². The first-order valence-electron chi connectivity index (χ1n) is 10.2. The van der Waals surface area contributed by atoms with Crippen LogP contribution in [0.15, 0.2) is 73.2 Å². The number of nitrogens with zero attached hydrogens (tertiary/aromatic N) is 2. The van der Waals surface area contributed by atoms with E-state index in [1.54, 1.807) is 12.5 Å². The zero-order valence-electron chi connectivity index (χ0n) is 17.6. The van der Waals surface area contributed by atoms with Crippen LogP contribution in [0.4, 0.5) is 0 Å². The second-order valence-corrected chi connectivity index (χ2v) is 7.15. The average molecular weight is 421 g/mol. The van der Waals surface area contributed by atoms with Gasteiger partial charge >= 0.3 is 5.97 Å². The van der Waals surface area contributed by atoms with Crippen LogP contribution in [0.3, 0.4) is 0 Å². The highest BCUT2D eigenvalue weighted by atomic mass is 16.5. The van der Waals surface area contributed by atoms with Gasteiger partial charge in [-0.2, -0.15) is 0 Å². The summed E-state index contributed by atoms with van der Waals surface area (Å²) in [6, 6.07) is 18.8. The van der Waals surface area contributed by atoms with Gasteiger partial charge < -0.3 is 19.4 Å². The van der Waals surface area contributed by atoms with Gasteiger partial charge in [-0.1, -0.05) is 60.7 Å². The summed E-state index contributed by atoms with van der Waals surface area (Å²) in [6.45, 7) is 0.759. The van der Waals surface area contributed by atoms with Crippen molar-refractivity contribution in [1.29, 1.82) is 0 Å². The minimum Gasteiger partial charge on any atom is -0.467 e. The first-order chi connectivity index (χ1) is 15.2. The molecule has 1 atom stereocenters. The number of imidazole rings is 1. The average Bonchev–Trinajstić information content (AvgIpc) is 3.25. The molecule has 1 N–H and O–H groups in total. The SMILES string of the molecule is COC(=O)[C@H](Cc1cncn1COCc1ccccc1)NC(=O)CCc1ccccc1. The van der Waals surface area contributed by atoms with Crippen molar-refractivity contribution in [2.45, 2.75) is 38.6 Å². The monoisotopic (exact) mass is 421 g/mol. The minimum atomic E-state index is -0.794. The Hall–Kier alpha value is -3.45. The number of benzene rings is 2. The van der Waals surface area contributed by atoms with Crippen molar-refractivity contribution < 1.29 is 19.1 Å². The zero-order valence-corrected chi connectivity index (χ0v) is 17.6. The number of hydrogen-bond donors (Lipinski definition) is 1. The molecule has 0 saturated heterocycles. The van der Waals surface area contributed by atoms with Crippen molar-refractivity contribution in [1.82, 2.24) is 14.9 Å². The summed E-state index contributed by atoms with van der Waals surface area (Å²) < 4.78 is 12.5. The van der Waals surface area contributed by atoms with Crippen LogP contribution in [0.1, 0.15) is 23.2 Å². The van der Waals surface area contributed by atoms with Crippen molar-refractivity contribution in [2.24, 2.45) is 0 Å². The van der Waals surface area contributed by atoms with Gasteiger partial charge in [-0.25, -0.2) is 9.78 Å². The van der Waals surface area contributed by atoms with Gasteiger partial charge in [0, 0.05) is 24.7 Å². The molecule has 0 radical (unpaired) electrons. The van der Waals surface area contributed by atoms with Gasteiger partial charge in [0.15, 0.2) is 0 Å². The van der Waals surface area contributed by atoms with Crippen molar-refractivity contribution in [3.05, 3.63) is 90.0 Å². The van der Waals surface area contributed by atoms with E-state index in [2.05, 4.69) is 10.3 Å². The third-order valence-electron chi connectivity index (χ3n) is 4.86. The van der Waals surface area contributed by atoms with Gasteiger partial charge in [0.25, 0.3) is 0 Å². The van der Waals surface area contributed by atoms with E-state index in [4.69, 9.17) is 9.47 Å². The van der Waals surface area contributed by atoms with Crippen LogP contribution in [0.2, 0.25) is 0 Å². The molecule has 3 aromatic rings. The molecule has 1 amide bonds. The van der Waals surface area contributed by atoms with E-state index in [1.807, 2.05) is 65.2 Å². The molecule has 7 heteroatoms. The molecule has 0 aliphatic rings. The van der Waals surface area contributed by atoms with Crippen LogP contribution in [0.5, 0.6) is 0 Å². The van der Waals surface area contributed by atoms with Gasteiger partial charge in [0.1, 0.15) is 12.8 Å². The summed E-state index contributed by atoms with van der Waals surface area (Å²) in [5.41, 5.74) is 2.91. The molecule has 0 aliphatic heterocycles. The number of aryl methyl sites for hydroxylation is 1. The highest BCUT2D eigenvalue weighted by Gasteiger charge is 2.23. The highest BCUT2D eigenvalue weighted by Crippen LogP contribution is 2.09. The lowest BCUT2D eigenvalue weighted by Crippen LogP contribution is -2.43. The van der Waals surface area contributed by atoms with E-state index < -0.39 is 12.0 Å². The number of methoxy groups -OCH3 is 1. The fraction of sp³-hybridized carbons (Fsp3) is 0.292. The lowest BCUT2D eigenvalue weighted by Gasteiger charge is -2.17. The Morgan fingerprint density at radius 1 is 1.03 bits per heavy atom. The Kier molecular flexibility index (Phi) is 8.37. The molecule has 1 aromatic heterocycles. The summed E-state index contributed by atoms with van der Waals surface area (Å²) in [5, 5.41) is 2.79. The molecule has 31 heavy (non-hydrogen) atoms. The quantitative estimate of drug-likeness (QED) is 0.482. The Labute approximate surface area is 182 Å².